The highest BCUT2D eigenvalue weighted by atomic mass is 79.9. The minimum atomic E-state index is -0.616. The Hall–Kier alpha value is -3.82. The van der Waals surface area contributed by atoms with Crippen molar-refractivity contribution in [3.05, 3.63) is 94.0 Å². The molecule has 0 radical (unpaired) electrons. The first kappa shape index (κ1) is 24.3. The third kappa shape index (κ3) is 5.82. The maximum absolute atomic E-state index is 13.2. The number of benzene rings is 3. The summed E-state index contributed by atoms with van der Waals surface area (Å²) in [7, 11) is 0. The van der Waals surface area contributed by atoms with Gasteiger partial charge in [-0.05, 0) is 67.7 Å². The van der Waals surface area contributed by atoms with E-state index >= 15 is 0 Å². The van der Waals surface area contributed by atoms with Crippen LogP contribution in [0.15, 0.2) is 82.8 Å². The average molecular weight is 550 g/mol. The molecule has 3 aromatic carbocycles. The number of ether oxygens (including phenoxy) is 1. The number of hydrogen-bond acceptors (Lipinski definition) is 5. The summed E-state index contributed by atoms with van der Waals surface area (Å²) in [4.78, 5) is 39.5. The van der Waals surface area contributed by atoms with E-state index in [4.69, 9.17) is 17.0 Å². The van der Waals surface area contributed by atoms with Gasteiger partial charge in [-0.1, -0.05) is 51.8 Å². The minimum absolute atomic E-state index is 0.00171. The molecule has 35 heavy (non-hydrogen) atoms. The van der Waals surface area contributed by atoms with Crippen LogP contribution in [0.2, 0.25) is 0 Å². The molecule has 0 unspecified atom stereocenters. The topological polar surface area (TPSA) is 87.7 Å². The van der Waals surface area contributed by atoms with Gasteiger partial charge in [-0.25, -0.2) is 0 Å². The van der Waals surface area contributed by atoms with Gasteiger partial charge < -0.3 is 10.1 Å². The average Bonchev–Trinajstić information content (AvgIpc) is 2.83. The quantitative estimate of drug-likeness (QED) is 0.266. The van der Waals surface area contributed by atoms with E-state index in [1.165, 1.54) is 11.0 Å². The standard InChI is InChI=1S/C26H20BrN3O4S/c1-16-7-10-19(11-8-16)28-23(31)15-34-22-12-9-18(27)13-17(22)14-21-24(32)29-26(35)30(25(21)33)20-5-3-2-4-6-20/h2-14H,15H2,1H3,(H,28,31)(H,29,32,35)/b21-14-. The van der Waals surface area contributed by atoms with Gasteiger partial charge in [-0.15, -0.1) is 0 Å². The molecule has 0 bridgehead atoms. The summed E-state index contributed by atoms with van der Waals surface area (Å²) in [6, 6.07) is 21.3. The smallest absolute Gasteiger partial charge is 0.270 e. The second-order valence-electron chi connectivity index (χ2n) is 7.68. The van der Waals surface area contributed by atoms with E-state index < -0.39 is 11.8 Å². The van der Waals surface area contributed by atoms with Crippen molar-refractivity contribution >= 4 is 68.4 Å². The van der Waals surface area contributed by atoms with Gasteiger partial charge >= 0.3 is 0 Å². The summed E-state index contributed by atoms with van der Waals surface area (Å²) in [6.45, 7) is 1.70. The van der Waals surface area contributed by atoms with Crippen LogP contribution in [0, 0.1) is 6.92 Å². The molecule has 1 heterocycles. The number of aryl methyl sites for hydroxylation is 1. The van der Waals surface area contributed by atoms with Gasteiger partial charge in [-0.3, -0.25) is 24.6 Å². The highest BCUT2D eigenvalue weighted by Gasteiger charge is 2.34. The molecule has 176 valence electrons. The zero-order valence-electron chi connectivity index (χ0n) is 18.6. The van der Waals surface area contributed by atoms with Crippen LogP contribution in [0.5, 0.6) is 5.75 Å². The second kappa shape index (κ2) is 10.6. The predicted octanol–water partition coefficient (Wildman–Crippen LogP) is 4.61. The highest BCUT2D eigenvalue weighted by molar-refractivity contribution is 9.10. The number of para-hydroxylation sites is 1. The summed E-state index contributed by atoms with van der Waals surface area (Å²) < 4.78 is 6.44. The molecule has 2 N–H and O–H groups in total. The molecule has 3 aromatic rings. The third-order valence-corrected chi connectivity index (χ3v) is 5.86. The third-order valence-electron chi connectivity index (χ3n) is 5.08. The first-order valence-electron chi connectivity index (χ1n) is 10.6. The molecule has 1 aliphatic rings. The largest absolute Gasteiger partial charge is 0.483 e. The monoisotopic (exact) mass is 549 g/mol. The first-order valence-corrected chi connectivity index (χ1v) is 11.8. The molecule has 1 aliphatic heterocycles. The Morgan fingerprint density at radius 3 is 2.51 bits per heavy atom. The van der Waals surface area contributed by atoms with E-state index in [0.717, 1.165) is 5.56 Å². The lowest BCUT2D eigenvalue weighted by Crippen LogP contribution is -2.54. The van der Waals surface area contributed by atoms with Crippen molar-refractivity contribution in [3.8, 4) is 5.75 Å². The zero-order valence-corrected chi connectivity index (χ0v) is 21.0. The Balaban J connectivity index is 1.57. The lowest BCUT2D eigenvalue weighted by atomic mass is 10.1. The molecule has 0 aliphatic carbocycles. The highest BCUT2D eigenvalue weighted by Crippen LogP contribution is 2.28. The normalized spacial score (nSPS) is 14.6. The minimum Gasteiger partial charge on any atom is -0.483 e. The maximum Gasteiger partial charge on any atom is 0.270 e. The van der Waals surface area contributed by atoms with Gasteiger partial charge in [0.2, 0.25) is 0 Å². The van der Waals surface area contributed by atoms with E-state index in [1.807, 2.05) is 25.1 Å². The number of carbonyl (C=O) groups excluding carboxylic acids is 3. The van der Waals surface area contributed by atoms with E-state index in [9.17, 15) is 14.4 Å². The Morgan fingerprint density at radius 2 is 1.80 bits per heavy atom. The molecule has 4 rings (SSSR count). The fourth-order valence-electron chi connectivity index (χ4n) is 3.37. The fraction of sp³-hybridized carbons (Fsp3) is 0.0769. The summed E-state index contributed by atoms with van der Waals surface area (Å²) >= 11 is 8.63. The molecule has 0 atom stereocenters. The molecular formula is C26H20BrN3O4S. The summed E-state index contributed by atoms with van der Waals surface area (Å²) in [5.74, 6) is -1.19. The van der Waals surface area contributed by atoms with E-state index in [2.05, 4.69) is 26.6 Å². The Bertz CT molecular complexity index is 1340. The number of carbonyl (C=O) groups is 3. The van der Waals surface area contributed by atoms with E-state index in [1.54, 1.807) is 54.6 Å². The zero-order chi connectivity index (χ0) is 24.9. The number of halogens is 1. The summed E-state index contributed by atoms with van der Waals surface area (Å²) in [6.07, 6.45) is 1.42. The lowest BCUT2D eigenvalue weighted by molar-refractivity contribution is -0.122. The van der Waals surface area contributed by atoms with Crippen LogP contribution in [0.3, 0.4) is 0 Å². The molecule has 0 saturated carbocycles. The lowest BCUT2D eigenvalue weighted by Gasteiger charge is -2.29. The van der Waals surface area contributed by atoms with Crippen molar-refractivity contribution < 1.29 is 19.1 Å². The molecule has 1 saturated heterocycles. The molecule has 9 heteroatoms. The summed E-state index contributed by atoms with van der Waals surface area (Å²) in [5.41, 5.74) is 2.60. The number of amides is 3. The van der Waals surface area contributed by atoms with Gasteiger partial charge in [0.25, 0.3) is 17.7 Å². The number of nitrogens with one attached hydrogen (secondary N) is 2. The van der Waals surface area contributed by atoms with E-state index in [-0.39, 0.29) is 23.2 Å². The molecular weight excluding hydrogens is 530 g/mol. The van der Waals surface area contributed by atoms with Gasteiger partial charge in [0.15, 0.2) is 11.7 Å². The van der Waals surface area contributed by atoms with Gasteiger partial charge in [0.1, 0.15) is 11.3 Å². The molecule has 7 nitrogen and oxygen atoms in total. The number of rotatable bonds is 6. The molecule has 0 aromatic heterocycles. The van der Waals surface area contributed by atoms with Crippen molar-refractivity contribution in [1.82, 2.24) is 5.32 Å². The number of nitrogens with zero attached hydrogens (tertiary/aromatic N) is 1. The Kier molecular flexibility index (Phi) is 7.38. The molecule has 1 fully saturated rings. The number of hydrogen-bond donors (Lipinski definition) is 2. The molecule has 3 amide bonds. The number of anilines is 2. The predicted molar refractivity (Wildman–Crippen MR) is 142 cm³/mol. The van der Waals surface area contributed by atoms with Crippen molar-refractivity contribution in [2.45, 2.75) is 6.92 Å². The Morgan fingerprint density at radius 1 is 1.09 bits per heavy atom. The van der Waals surface area contributed by atoms with Crippen molar-refractivity contribution in [3.63, 3.8) is 0 Å². The van der Waals surface area contributed by atoms with Gasteiger partial charge in [0, 0.05) is 15.7 Å². The van der Waals surface area contributed by atoms with Crippen LogP contribution < -0.4 is 20.3 Å². The number of thiocarbonyl (C=S) groups is 1. The Labute approximate surface area is 215 Å². The second-order valence-corrected chi connectivity index (χ2v) is 8.98. The van der Waals surface area contributed by atoms with Crippen molar-refractivity contribution in [2.75, 3.05) is 16.8 Å². The summed E-state index contributed by atoms with van der Waals surface area (Å²) in [5, 5.41) is 5.33. The van der Waals surface area contributed by atoms with Gasteiger partial charge in [-0.2, -0.15) is 0 Å². The van der Waals surface area contributed by atoms with E-state index in [0.29, 0.717) is 27.2 Å². The van der Waals surface area contributed by atoms with Crippen LogP contribution in [-0.4, -0.2) is 29.4 Å². The SMILES string of the molecule is Cc1ccc(NC(=O)COc2ccc(Br)cc2/C=C2/C(=O)NC(=S)N(c3ccccc3)C2=O)cc1. The van der Waals surface area contributed by atoms with Crippen LogP contribution in [0.4, 0.5) is 11.4 Å². The van der Waals surface area contributed by atoms with Crippen molar-refractivity contribution in [1.29, 1.82) is 0 Å². The van der Waals surface area contributed by atoms with Crippen LogP contribution in [0.25, 0.3) is 6.08 Å². The van der Waals surface area contributed by atoms with Crippen LogP contribution in [-0.2, 0) is 14.4 Å². The van der Waals surface area contributed by atoms with Crippen LogP contribution >= 0.6 is 28.1 Å². The van der Waals surface area contributed by atoms with Crippen molar-refractivity contribution in [2.24, 2.45) is 0 Å². The maximum atomic E-state index is 13.2. The van der Waals surface area contributed by atoms with Crippen LogP contribution in [0.1, 0.15) is 11.1 Å². The molecule has 0 spiro atoms. The fourth-order valence-corrected chi connectivity index (χ4v) is 4.03. The van der Waals surface area contributed by atoms with Gasteiger partial charge in [0.05, 0.1) is 5.69 Å². The first-order chi connectivity index (χ1) is 16.8.